The minimum absolute atomic E-state index is 0.649. The largest absolute Gasteiger partial charge is 0.368 e. The molecule has 0 bridgehead atoms. The number of hydrogen-bond donors (Lipinski definition) is 1. The average Bonchev–Trinajstić information content (AvgIpc) is 2.47. The summed E-state index contributed by atoms with van der Waals surface area (Å²) in [6.45, 7) is 1.88. The Bertz CT molecular complexity index is 400. The molecule has 18 heavy (non-hydrogen) atoms. The van der Waals surface area contributed by atoms with Gasteiger partial charge in [-0.1, -0.05) is 25.0 Å². The molecular formula is C16H24N2. The molecule has 1 aliphatic carbocycles. The van der Waals surface area contributed by atoms with Crippen molar-refractivity contribution in [2.75, 3.05) is 11.4 Å². The smallest absolute Gasteiger partial charge is 0.0372 e. The monoisotopic (exact) mass is 244 g/mol. The van der Waals surface area contributed by atoms with Gasteiger partial charge in [0.1, 0.15) is 0 Å². The Balaban J connectivity index is 1.84. The van der Waals surface area contributed by atoms with Crippen LogP contribution in [0.15, 0.2) is 24.3 Å². The molecule has 1 aromatic rings. The molecule has 0 radical (unpaired) electrons. The Kier molecular flexibility index (Phi) is 3.55. The number of fused-ring (bicyclic) bond motifs is 1. The van der Waals surface area contributed by atoms with Gasteiger partial charge in [0.25, 0.3) is 0 Å². The molecule has 1 heterocycles. The number of piperidine rings is 1. The van der Waals surface area contributed by atoms with Crippen LogP contribution >= 0.6 is 0 Å². The summed E-state index contributed by atoms with van der Waals surface area (Å²) >= 11 is 0. The van der Waals surface area contributed by atoms with Crippen molar-refractivity contribution in [3.63, 3.8) is 0 Å². The summed E-state index contributed by atoms with van der Waals surface area (Å²) in [6.07, 6.45) is 8.48. The highest BCUT2D eigenvalue weighted by Gasteiger charge is 2.33. The van der Waals surface area contributed by atoms with Crippen LogP contribution in [0.2, 0.25) is 0 Å². The van der Waals surface area contributed by atoms with E-state index in [1.165, 1.54) is 56.3 Å². The van der Waals surface area contributed by atoms with Gasteiger partial charge in [-0.25, -0.2) is 0 Å². The van der Waals surface area contributed by atoms with Gasteiger partial charge < -0.3 is 10.6 Å². The first-order chi connectivity index (χ1) is 8.88. The quantitative estimate of drug-likeness (QED) is 0.865. The van der Waals surface area contributed by atoms with E-state index < -0.39 is 0 Å². The maximum atomic E-state index is 5.76. The summed E-state index contributed by atoms with van der Waals surface area (Å²) in [6, 6.07) is 9.63. The summed E-state index contributed by atoms with van der Waals surface area (Å²) in [7, 11) is 0. The Morgan fingerprint density at radius 3 is 2.83 bits per heavy atom. The maximum absolute atomic E-state index is 5.76. The molecule has 2 atom stereocenters. The highest BCUT2D eigenvalue weighted by Crippen LogP contribution is 2.37. The van der Waals surface area contributed by atoms with Gasteiger partial charge in [0.2, 0.25) is 0 Å². The summed E-state index contributed by atoms with van der Waals surface area (Å²) in [5, 5.41) is 0. The highest BCUT2D eigenvalue weighted by molar-refractivity contribution is 5.50. The summed E-state index contributed by atoms with van der Waals surface area (Å²) in [5.41, 5.74) is 8.41. The van der Waals surface area contributed by atoms with Crippen molar-refractivity contribution in [2.45, 2.75) is 51.1 Å². The van der Waals surface area contributed by atoms with Gasteiger partial charge >= 0.3 is 0 Å². The predicted molar refractivity (Wildman–Crippen MR) is 76.7 cm³/mol. The van der Waals surface area contributed by atoms with Gasteiger partial charge in [-0.05, 0) is 49.3 Å². The molecule has 2 aliphatic rings. The van der Waals surface area contributed by atoms with Crippen LogP contribution in [0.25, 0.3) is 0 Å². The molecule has 0 aromatic heterocycles. The van der Waals surface area contributed by atoms with Gasteiger partial charge in [-0.2, -0.15) is 0 Å². The zero-order chi connectivity index (χ0) is 12.4. The number of hydrogen-bond acceptors (Lipinski definition) is 2. The third-order valence-corrected chi connectivity index (χ3v) is 4.72. The Morgan fingerprint density at radius 2 is 1.94 bits per heavy atom. The van der Waals surface area contributed by atoms with Crippen molar-refractivity contribution >= 4 is 5.69 Å². The number of rotatable bonds is 2. The third kappa shape index (κ3) is 2.26. The molecule has 98 valence electrons. The molecule has 1 saturated carbocycles. The van der Waals surface area contributed by atoms with Crippen LogP contribution in [-0.2, 0) is 6.54 Å². The predicted octanol–water partition coefficient (Wildman–Crippen LogP) is 3.30. The zero-order valence-electron chi connectivity index (χ0n) is 11.1. The van der Waals surface area contributed by atoms with Gasteiger partial charge in [0.05, 0.1) is 0 Å². The third-order valence-electron chi connectivity index (χ3n) is 4.72. The molecule has 2 fully saturated rings. The highest BCUT2D eigenvalue weighted by atomic mass is 15.2. The molecule has 0 unspecified atom stereocenters. The Labute approximate surface area is 110 Å². The fraction of sp³-hybridized carbons (Fsp3) is 0.625. The molecule has 3 rings (SSSR count). The van der Waals surface area contributed by atoms with Crippen molar-refractivity contribution in [3.8, 4) is 0 Å². The van der Waals surface area contributed by atoms with Crippen molar-refractivity contribution < 1.29 is 0 Å². The molecule has 2 nitrogen and oxygen atoms in total. The number of anilines is 1. The number of benzene rings is 1. The fourth-order valence-electron chi connectivity index (χ4n) is 3.81. The molecule has 0 amide bonds. The van der Waals surface area contributed by atoms with E-state index in [0.29, 0.717) is 6.54 Å². The van der Waals surface area contributed by atoms with Crippen LogP contribution in [0.5, 0.6) is 0 Å². The normalized spacial score (nSPS) is 27.9. The van der Waals surface area contributed by atoms with Crippen molar-refractivity contribution in [3.05, 3.63) is 29.8 Å². The molecule has 1 aliphatic heterocycles. The second-order valence-corrected chi connectivity index (χ2v) is 5.82. The zero-order valence-corrected chi connectivity index (χ0v) is 11.1. The second kappa shape index (κ2) is 5.31. The van der Waals surface area contributed by atoms with Crippen LogP contribution in [0.1, 0.15) is 44.1 Å². The molecule has 1 saturated heterocycles. The summed E-state index contributed by atoms with van der Waals surface area (Å²) < 4.78 is 0. The van der Waals surface area contributed by atoms with Crippen LogP contribution < -0.4 is 10.6 Å². The first kappa shape index (κ1) is 12.0. The lowest BCUT2D eigenvalue weighted by molar-refractivity contribution is 0.244. The minimum Gasteiger partial charge on any atom is -0.368 e. The fourth-order valence-corrected chi connectivity index (χ4v) is 3.81. The van der Waals surface area contributed by atoms with E-state index >= 15 is 0 Å². The van der Waals surface area contributed by atoms with Gasteiger partial charge in [0, 0.05) is 24.8 Å². The van der Waals surface area contributed by atoms with E-state index in [1.54, 1.807) is 0 Å². The standard InChI is InChI=1S/C16H24N2/c17-12-13-5-3-8-15(11-13)18-10-4-7-14-6-1-2-9-16(14)18/h3,5,8,11,14,16H,1-2,4,6-7,9-10,12,17H2/t14-,16-/m1/s1. The molecule has 0 spiro atoms. The van der Waals surface area contributed by atoms with Crippen LogP contribution in [0.3, 0.4) is 0 Å². The van der Waals surface area contributed by atoms with Gasteiger partial charge in [0.15, 0.2) is 0 Å². The van der Waals surface area contributed by atoms with E-state index in [1.807, 2.05) is 0 Å². The topological polar surface area (TPSA) is 29.3 Å². The first-order valence-corrected chi connectivity index (χ1v) is 7.44. The van der Waals surface area contributed by atoms with E-state index in [-0.39, 0.29) is 0 Å². The van der Waals surface area contributed by atoms with E-state index in [0.717, 1.165) is 12.0 Å². The molecule has 1 aromatic carbocycles. The Hall–Kier alpha value is -1.02. The van der Waals surface area contributed by atoms with Gasteiger partial charge in [-0.3, -0.25) is 0 Å². The average molecular weight is 244 g/mol. The number of nitrogens with two attached hydrogens (primary N) is 1. The van der Waals surface area contributed by atoms with Gasteiger partial charge in [-0.15, -0.1) is 0 Å². The lowest BCUT2D eigenvalue weighted by Gasteiger charge is -2.45. The molecule has 2 heteroatoms. The Morgan fingerprint density at radius 1 is 1.11 bits per heavy atom. The van der Waals surface area contributed by atoms with E-state index in [2.05, 4.69) is 29.2 Å². The van der Waals surface area contributed by atoms with E-state index in [4.69, 9.17) is 5.73 Å². The minimum atomic E-state index is 0.649. The molecular weight excluding hydrogens is 220 g/mol. The summed E-state index contributed by atoms with van der Waals surface area (Å²) in [5.74, 6) is 0.939. The van der Waals surface area contributed by atoms with Crippen molar-refractivity contribution in [1.82, 2.24) is 0 Å². The second-order valence-electron chi connectivity index (χ2n) is 5.82. The van der Waals surface area contributed by atoms with Crippen LogP contribution in [-0.4, -0.2) is 12.6 Å². The van der Waals surface area contributed by atoms with Crippen LogP contribution in [0.4, 0.5) is 5.69 Å². The van der Waals surface area contributed by atoms with Crippen molar-refractivity contribution in [1.29, 1.82) is 0 Å². The lowest BCUT2D eigenvalue weighted by atomic mass is 9.78. The van der Waals surface area contributed by atoms with E-state index in [9.17, 15) is 0 Å². The first-order valence-electron chi connectivity index (χ1n) is 7.44. The van der Waals surface area contributed by atoms with Crippen LogP contribution in [0, 0.1) is 5.92 Å². The lowest BCUT2D eigenvalue weighted by Crippen LogP contribution is -2.46. The SMILES string of the molecule is NCc1cccc(N2CCC[C@H]3CCCC[C@H]32)c1. The van der Waals surface area contributed by atoms with Crippen molar-refractivity contribution in [2.24, 2.45) is 11.7 Å². The molecule has 2 N–H and O–H groups in total. The summed E-state index contributed by atoms with van der Waals surface area (Å²) in [4.78, 5) is 2.66. The maximum Gasteiger partial charge on any atom is 0.0372 e. The number of nitrogens with zero attached hydrogens (tertiary/aromatic N) is 1.